The fraction of sp³-hybridized carbons (Fsp3) is 0.273. The maximum Gasteiger partial charge on any atom is 0.328 e. The van der Waals surface area contributed by atoms with Gasteiger partial charge >= 0.3 is 5.97 Å². The van der Waals surface area contributed by atoms with Gasteiger partial charge in [0.15, 0.2) is 0 Å². The first-order valence-electron chi connectivity index (χ1n) is 9.28. The minimum atomic E-state index is -0.368. The van der Waals surface area contributed by atoms with Crippen molar-refractivity contribution in [1.82, 2.24) is 4.98 Å². The van der Waals surface area contributed by atoms with Crippen molar-refractivity contribution in [2.45, 2.75) is 32.2 Å². The molecule has 0 bridgehead atoms. The number of hydrogen-bond acceptors (Lipinski definition) is 4. The molecule has 1 N–H and O–H groups in total. The molecule has 1 unspecified atom stereocenters. The van der Waals surface area contributed by atoms with Gasteiger partial charge in [0.2, 0.25) is 0 Å². The van der Waals surface area contributed by atoms with E-state index in [1.807, 2.05) is 43.3 Å². The number of rotatable bonds is 3. The lowest BCUT2D eigenvalue weighted by Gasteiger charge is -2.21. The number of ether oxygens (including phenoxy) is 1. The highest BCUT2D eigenvalue weighted by Gasteiger charge is 2.27. The van der Waals surface area contributed by atoms with Gasteiger partial charge in [0.05, 0.1) is 23.5 Å². The summed E-state index contributed by atoms with van der Waals surface area (Å²) in [6.07, 6.45) is 2.42. The number of aromatic nitrogens is 1. The quantitative estimate of drug-likeness (QED) is 0.559. The van der Waals surface area contributed by atoms with Crippen LogP contribution in [0.25, 0.3) is 22.0 Å². The lowest BCUT2D eigenvalue weighted by Crippen LogP contribution is -2.31. The molecule has 0 fully saturated rings. The Morgan fingerprint density at radius 2 is 2.04 bits per heavy atom. The Labute approximate surface area is 175 Å². The zero-order valence-corrected chi connectivity index (χ0v) is 17.1. The lowest BCUT2D eigenvalue weighted by molar-refractivity contribution is -0.144. The summed E-state index contributed by atoms with van der Waals surface area (Å²) in [4.78, 5) is 17.3. The number of esters is 1. The van der Waals surface area contributed by atoms with Crippen molar-refractivity contribution in [3.63, 3.8) is 0 Å². The normalized spacial score (nSPS) is 15.7. The molecule has 0 saturated carbocycles. The largest absolute Gasteiger partial charge is 0.464 e. The van der Waals surface area contributed by atoms with Gasteiger partial charge in [0.1, 0.15) is 6.04 Å². The van der Waals surface area contributed by atoms with E-state index in [-0.39, 0.29) is 24.4 Å². The number of carbonyl (C=O) groups excluding carboxylic acids is 1. The van der Waals surface area contributed by atoms with E-state index >= 15 is 0 Å². The van der Waals surface area contributed by atoms with Crippen molar-refractivity contribution in [2.75, 3.05) is 11.9 Å². The van der Waals surface area contributed by atoms with Crippen molar-refractivity contribution in [3.8, 4) is 11.1 Å². The molecule has 1 atom stereocenters. The van der Waals surface area contributed by atoms with Gasteiger partial charge < -0.3 is 10.1 Å². The summed E-state index contributed by atoms with van der Waals surface area (Å²) in [6.45, 7) is 2.20. The molecule has 0 aliphatic carbocycles. The topological polar surface area (TPSA) is 51.2 Å². The number of hydrogen-bond donors (Lipinski definition) is 1. The third-order valence-electron chi connectivity index (χ3n) is 4.88. The Hall–Kier alpha value is -2.30. The average molecular weight is 417 g/mol. The van der Waals surface area contributed by atoms with E-state index in [9.17, 15) is 4.79 Å². The Kier molecular flexibility index (Phi) is 6.42. The third kappa shape index (κ3) is 3.94. The van der Waals surface area contributed by atoms with Gasteiger partial charge in [-0.2, -0.15) is 0 Å². The zero-order chi connectivity index (χ0) is 18.8. The SMILES string of the molecule is CCOC(=O)C1CCCc2nc3ccc(Cl)cc3c(-c3ccccc3)c2N1.Cl. The van der Waals surface area contributed by atoms with Gasteiger partial charge in [-0.05, 0) is 49.9 Å². The fourth-order valence-corrected chi connectivity index (χ4v) is 3.84. The minimum absolute atomic E-state index is 0. The van der Waals surface area contributed by atoms with Crippen LogP contribution in [-0.2, 0) is 16.0 Å². The second-order valence-corrected chi connectivity index (χ2v) is 7.11. The molecule has 0 amide bonds. The number of nitrogens with one attached hydrogen (secondary N) is 1. The van der Waals surface area contributed by atoms with Gasteiger partial charge in [0, 0.05) is 16.0 Å². The molecule has 3 aromatic rings. The predicted molar refractivity (Wildman–Crippen MR) is 116 cm³/mol. The molecule has 4 rings (SSSR count). The first-order valence-corrected chi connectivity index (χ1v) is 9.66. The molecule has 146 valence electrons. The van der Waals surface area contributed by atoms with Crippen molar-refractivity contribution in [2.24, 2.45) is 0 Å². The molecule has 0 spiro atoms. The van der Waals surface area contributed by atoms with E-state index in [2.05, 4.69) is 17.4 Å². The molecular formula is C22H22Cl2N2O2. The predicted octanol–water partition coefficient (Wildman–Crippen LogP) is 5.66. The average Bonchev–Trinajstić information content (AvgIpc) is 2.89. The Morgan fingerprint density at radius 3 is 2.79 bits per heavy atom. The maximum atomic E-state index is 12.4. The Balaban J connectivity index is 0.00000225. The monoisotopic (exact) mass is 416 g/mol. The molecule has 1 aliphatic heterocycles. The number of carbonyl (C=O) groups is 1. The van der Waals surface area contributed by atoms with Crippen LogP contribution in [0.3, 0.4) is 0 Å². The summed E-state index contributed by atoms with van der Waals surface area (Å²) < 4.78 is 5.26. The molecule has 0 radical (unpaired) electrons. The van der Waals surface area contributed by atoms with E-state index < -0.39 is 0 Å². The Morgan fingerprint density at radius 1 is 1.25 bits per heavy atom. The molecule has 6 heteroatoms. The van der Waals surface area contributed by atoms with Gasteiger partial charge in [0.25, 0.3) is 0 Å². The second-order valence-electron chi connectivity index (χ2n) is 6.68. The number of halogens is 2. The van der Waals surface area contributed by atoms with Crippen LogP contribution >= 0.6 is 24.0 Å². The van der Waals surface area contributed by atoms with Crippen LogP contribution in [0.5, 0.6) is 0 Å². The number of nitrogens with zero attached hydrogens (tertiary/aromatic N) is 1. The molecule has 1 aliphatic rings. The molecule has 28 heavy (non-hydrogen) atoms. The van der Waals surface area contributed by atoms with Crippen LogP contribution in [0.4, 0.5) is 5.69 Å². The number of aryl methyl sites for hydroxylation is 1. The van der Waals surface area contributed by atoms with Gasteiger partial charge in [-0.3, -0.25) is 4.98 Å². The molecule has 1 aromatic heterocycles. The first kappa shape index (κ1) is 20.4. The van der Waals surface area contributed by atoms with Crippen LogP contribution in [0.2, 0.25) is 5.02 Å². The van der Waals surface area contributed by atoms with E-state index in [4.69, 9.17) is 21.3 Å². The van der Waals surface area contributed by atoms with Crippen molar-refractivity contribution in [1.29, 1.82) is 0 Å². The highest BCUT2D eigenvalue weighted by molar-refractivity contribution is 6.31. The van der Waals surface area contributed by atoms with E-state index in [0.717, 1.165) is 52.7 Å². The standard InChI is InChI=1S/C22H21ClN2O2.ClH/c1-2-27-22(26)19-10-6-9-18-21(25-19)20(14-7-4-3-5-8-14)16-13-15(23)11-12-17(16)24-18;/h3-5,7-8,11-13,19,25H,2,6,9-10H2,1H3;1H. The number of pyridine rings is 1. The van der Waals surface area contributed by atoms with Crippen molar-refractivity contribution >= 4 is 46.6 Å². The summed E-state index contributed by atoms with van der Waals surface area (Å²) in [5, 5.41) is 5.08. The summed E-state index contributed by atoms with van der Waals surface area (Å²) in [7, 11) is 0. The van der Waals surface area contributed by atoms with Gasteiger partial charge in [-0.15, -0.1) is 12.4 Å². The van der Waals surface area contributed by atoms with Crippen LogP contribution in [0.15, 0.2) is 48.5 Å². The summed E-state index contributed by atoms with van der Waals surface area (Å²) in [6, 6.07) is 15.6. The summed E-state index contributed by atoms with van der Waals surface area (Å²) >= 11 is 6.29. The highest BCUT2D eigenvalue weighted by Crippen LogP contribution is 2.40. The van der Waals surface area contributed by atoms with Crippen molar-refractivity contribution in [3.05, 3.63) is 59.2 Å². The number of anilines is 1. The van der Waals surface area contributed by atoms with Crippen LogP contribution in [0.1, 0.15) is 25.5 Å². The van der Waals surface area contributed by atoms with Gasteiger partial charge in [-0.1, -0.05) is 41.9 Å². The number of benzene rings is 2. The molecular weight excluding hydrogens is 395 g/mol. The second kappa shape index (κ2) is 8.80. The van der Waals surface area contributed by atoms with Crippen LogP contribution in [-0.4, -0.2) is 23.6 Å². The van der Waals surface area contributed by atoms with Gasteiger partial charge in [-0.25, -0.2) is 4.79 Å². The van der Waals surface area contributed by atoms with E-state index in [1.54, 1.807) is 0 Å². The molecule has 2 heterocycles. The zero-order valence-electron chi connectivity index (χ0n) is 15.6. The molecule has 0 saturated heterocycles. The van der Waals surface area contributed by atoms with Crippen molar-refractivity contribution < 1.29 is 9.53 Å². The van der Waals surface area contributed by atoms with Crippen LogP contribution < -0.4 is 5.32 Å². The summed E-state index contributed by atoms with van der Waals surface area (Å²) in [5.41, 5.74) is 4.91. The smallest absolute Gasteiger partial charge is 0.328 e. The third-order valence-corrected chi connectivity index (χ3v) is 5.12. The minimum Gasteiger partial charge on any atom is -0.464 e. The fourth-order valence-electron chi connectivity index (χ4n) is 3.67. The number of fused-ring (bicyclic) bond motifs is 2. The highest BCUT2D eigenvalue weighted by atomic mass is 35.5. The maximum absolute atomic E-state index is 12.4. The molecule has 4 nitrogen and oxygen atoms in total. The summed E-state index contributed by atoms with van der Waals surface area (Å²) in [5.74, 6) is -0.212. The lowest BCUT2D eigenvalue weighted by atomic mass is 9.97. The van der Waals surface area contributed by atoms with E-state index in [1.165, 1.54) is 0 Å². The first-order chi connectivity index (χ1) is 13.2. The van der Waals surface area contributed by atoms with E-state index in [0.29, 0.717) is 11.6 Å². The van der Waals surface area contributed by atoms with Crippen LogP contribution in [0, 0.1) is 0 Å². The molecule has 2 aromatic carbocycles. The Bertz CT molecular complexity index is 993.